The Morgan fingerprint density at radius 1 is 1.26 bits per heavy atom. The first-order valence-corrected chi connectivity index (χ1v) is 6.96. The van der Waals surface area contributed by atoms with E-state index in [-0.39, 0.29) is 12.5 Å². The Morgan fingerprint density at radius 3 is 2.37 bits per heavy atom. The minimum atomic E-state index is -0.825. The van der Waals surface area contributed by atoms with Crippen LogP contribution >= 0.6 is 11.3 Å². The predicted molar refractivity (Wildman–Crippen MR) is 71.6 cm³/mol. The maximum absolute atomic E-state index is 12.3. The fraction of sp³-hybridized carbons (Fsp3) is 0.583. The molecular formula is C12H17N3O3S. The van der Waals surface area contributed by atoms with E-state index in [1.54, 1.807) is 4.90 Å². The Morgan fingerprint density at radius 2 is 1.89 bits per heavy atom. The van der Waals surface area contributed by atoms with Gasteiger partial charge in [-0.15, -0.1) is 11.3 Å². The third kappa shape index (κ3) is 3.30. The minimum Gasteiger partial charge on any atom is -0.480 e. The van der Waals surface area contributed by atoms with Crippen molar-refractivity contribution in [1.82, 2.24) is 14.8 Å². The molecule has 0 saturated carbocycles. The van der Waals surface area contributed by atoms with Gasteiger partial charge in [0.15, 0.2) is 0 Å². The van der Waals surface area contributed by atoms with Gasteiger partial charge in [-0.2, -0.15) is 0 Å². The molecule has 1 aromatic rings. The zero-order chi connectivity index (χ0) is 14.0. The van der Waals surface area contributed by atoms with Gasteiger partial charge < -0.3 is 10.0 Å². The summed E-state index contributed by atoms with van der Waals surface area (Å²) in [6.07, 6.45) is 0. The first kappa shape index (κ1) is 14.0. The lowest BCUT2D eigenvalue weighted by atomic mass is 10.2. The van der Waals surface area contributed by atoms with E-state index >= 15 is 0 Å². The molecule has 0 aliphatic carbocycles. The van der Waals surface area contributed by atoms with Crippen molar-refractivity contribution in [1.29, 1.82) is 0 Å². The van der Waals surface area contributed by atoms with Crippen LogP contribution in [0.1, 0.15) is 20.4 Å². The molecule has 0 spiro atoms. The zero-order valence-electron chi connectivity index (χ0n) is 11.0. The summed E-state index contributed by atoms with van der Waals surface area (Å²) in [5, 5.41) is 9.62. The number of nitrogens with zero attached hydrogens (tertiary/aromatic N) is 3. The number of hydrogen-bond acceptors (Lipinski definition) is 5. The lowest BCUT2D eigenvalue weighted by Gasteiger charge is -2.33. The van der Waals surface area contributed by atoms with E-state index in [2.05, 4.69) is 4.98 Å². The summed E-state index contributed by atoms with van der Waals surface area (Å²) in [6.45, 7) is 6.13. The minimum absolute atomic E-state index is 0.0121. The van der Waals surface area contributed by atoms with Crippen molar-refractivity contribution in [2.24, 2.45) is 0 Å². The molecule has 1 aliphatic rings. The van der Waals surface area contributed by atoms with Gasteiger partial charge in [-0.05, 0) is 13.8 Å². The Bertz CT molecular complexity index is 492. The molecule has 104 valence electrons. The van der Waals surface area contributed by atoms with Gasteiger partial charge in [-0.3, -0.25) is 14.5 Å². The number of carboxylic acids is 1. The van der Waals surface area contributed by atoms with E-state index in [0.29, 0.717) is 31.1 Å². The summed E-state index contributed by atoms with van der Waals surface area (Å²) in [5.74, 6) is -0.813. The van der Waals surface area contributed by atoms with Gasteiger partial charge in [0, 0.05) is 26.2 Å². The fourth-order valence-electron chi connectivity index (χ4n) is 2.17. The van der Waals surface area contributed by atoms with Crippen molar-refractivity contribution in [3.8, 4) is 0 Å². The van der Waals surface area contributed by atoms with Gasteiger partial charge in [0.2, 0.25) is 0 Å². The number of hydrogen-bond donors (Lipinski definition) is 1. The van der Waals surface area contributed by atoms with E-state index in [9.17, 15) is 9.59 Å². The van der Waals surface area contributed by atoms with E-state index in [1.807, 2.05) is 18.7 Å². The molecule has 1 amide bonds. The molecule has 0 unspecified atom stereocenters. The van der Waals surface area contributed by atoms with Gasteiger partial charge in [0.05, 0.1) is 17.2 Å². The molecule has 1 fully saturated rings. The van der Waals surface area contributed by atoms with Crippen LogP contribution in [0.25, 0.3) is 0 Å². The molecule has 2 rings (SSSR count). The number of carbonyl (C=O) groups excluding carboxylic acids is 1. The topological polar surface area (TPSA) is 73.7 Å². The van der Waals surface area contributed by atoms with E-state index < -0.39 is 5.97 Å². The number of aliphatic carboxylic acids is 1. The Labute approximate surface area is 115 Å². The SMILES string of the molecule is Cc1nc(C)c(C(=O)N2CCN(CC(=O)O)CC2)s1. The smallest absolute Gasteiger partial charge is 0.317 e. The Balaban J connectivity index is 1.96. The van der Waals surface area contributed by atoms with Crippen LogP contribution in [0.2, 0.25) is 0 Å². The number of carbonyl (C=O) groups is 2. The van der Waals surface area contributed by atoms with E-state index in [4.69, 9.17) is 5.11 Å². The second-order valence-corrected chi connectivity index (χ2v) is 5.81. The molecule has 19 heavy (non-hydrogen) atoms. The highest BCUT2D eigenvalue weighted by Crippen LogP contribution is 2.20. The molecule has 0 radical (unpaired) electrons. The summed E-state index contributed by atoms with van der Waals surface area (Å²) in [7, 11) is 0. The van der Waals surface area contributed by atoms with Crippen molar-refractivity contribution in [3.05, 3.63) is 15.6 Å². The van der Waals surface area contributed by atoms with Crippen LogP contribution in [0.4, 0.5) is 0 Å². The summed E-state index contributed by atoms with van der Waals surface area (Å²) >= 11 is 1.42. The fourth-order valence-corrected chi connectivity index (χ4v) is 3.06. The highest BCUT2D eigenvalue weighted by atomic mass is 32.1. The van der Waals surface area contributed by atoms with Crippen molar-refractivity contribution in [2.45, 2.75) is 13.8 Å². The van der Waals surface area contributed by atoms with Crippen LogP contribution in [0, 0.1) is 13.8 Å². The van der Waals surface area contributed by atoms with Crippen molar-refractivity contribution in [3.63, 3.8) is 0 Å². The molecule has 7 heteroatoms. The Hall–Kier alpha value is -1.47. The number of aromatic nitrogens is 1. The van der Waals surface area contributed by atoms with Gasteiger partial charge in [-0.25, -0.2) is 4.98 Å². The second-order valence-electron chi connectivity index (χ2n) is 4.61. The van der Waals surface area contributed by atoms with Crippen molar-refractivity contribution < 1.29 is 14.7 Å². The van der Waals surface area contributed by atoms with E-state index in [0.717, 1.165) is 10.7 Å². The lowest BCUT2D eigenvalue weighted by Crippen LogP contribution is -2.49. The molecule has 0 atom stereocenters. The monoisotopic (exact) mass is 283 g/mol. The predicted octanol–water partition coefficient (Wildman–Crippen LogP) is 0.602. The highest BCUT2D eigenvalue weighted by Gasteiger charge is 2.25. The largest absolute Gasteiger partial charge is 0.480 e. The van der Waals surface area contributed by atoms with Gasteiger partial charge in [-0.1, -0.05) is 0 Å². The number of amides is 1. The molecule has 6 nitrogen and oxygen atoms in total. The maximum atomic E-state index is 12.3. The normalized spacial score (nSPS) is 16.6. The second kappa shape index (κ2) is 5.66. The standard InChI is InChI=1S/C12H17N3O3S/c1-8-11(19-9(2)13-8)12(18)15-5-3-14(4-6-15)7-10(16)17/h3-7H2,1-2H3,(H,16,17). The molecule has 1 N–H and O–H groups in total. The number of piperazine rings is 1. The molecular weight excluding hydrogens is 266 g/mol. The molecule has 2 heterocycles. The third-order valence-corrected chi connectivity index (χ3v) is 4.18. The lowest BCUT2D eigenvalue weighted by molar-refractivity contribution is -0.138. The van der Waals surface area contributed by atoms with Crippen molar-refractivity contribution >= 4 is 23.2 Å². The number of aryl methyl sites for hydroxylation is 2. The average Bonchev–Trinajstić information content (AvgIpc) is 2.68. The van der Waals surface area contributed by atoms with E-state index in [1.165, 1.54) is 11.3 Å². The highest BCUT2D eigenvalue weighted by molar-refractivity contribution is 7.13. The van der Waals surface area contributed by atoms with Crippen LogP contribution < -0.4 is 0 Å². The molecule has 0 aromatic carbocycles. The van der Waals surface area contributed by atoms with Crippen LogP contribution in [-0.2, 0) is 4.79 Å². The van der Waals surface area contributed by atoms with Crippen LogP contribution in [0.3, 0.4) is 0 Å². The number of thiazole rings is 1. The average molecular weight is 283 g/mol. The summed E-state index contributed by atoms with van der Waals surface area (Å²) < 4.78 is 0. The van der Waals surface area contributed by atoms with Gasteiger partial charge >= 0.3 is 5.97 Å². The van der Waals surface area contributed by atoms with Crippen LogP contribution in [0.5, 0.6) is 0 Å². The zero-order valence-corrected chi connectivity index (χ0v) is 11.9. The first-order valence-electron chi connectivity index (χ1n) is 6.15. The summed E-state index contributed by atoms with van der Waals surface area (Å²) in [5.41, 5.74) is 0.778. The first-order chi connectivity index (χ1) is 8.97. The molecule has 1 aromatic heterocycles. The molecule has 0 bridgehead atoms. The summed E-state index contributed by atoms with van der Waals surface area (Å²) in [6, 6.07) is 0. The number of carboxylic acid groups (broad SMARTS) is 1. The maximum Gasteiger partial charge on any atom is 0.317 e. The summed E-state index contributed by atoms with van der Waals surface area (Å²) in [4.78, 5) is 31.5. The van der Waals surface area contributed by atoms with Crippen LogP contribution in [-0.4, -0.2) is 64.5 Å². The third-order valence-electron chi connectivity index (χ3n) is 3.12. The molecule has 1 aliphatic heterocycles. The molecule has 1 saturated heterocycles. The van der Waals surface area contributed by atoms with Crippen molar-refractivity contribution in [2.75, 3.05) is 32.7 Å². The quantitative estimate of drug-likeness (QED) is 0.879. The number of rotatable bonds is 3. The Kier molecular flexibility index (Phi) is 4.16. The van der Waals surface area contributed by atoms with Gasteiger partial charge in [0.25, 0.3) is 5.91 Å². The van der Waals surface area contributed by atoms with Gasteiger partial charge in [0.1, 0.15) is 4.88 Å². The van der Waals surface area contributed by atoms with Crippen LogP contribution in [0.15, 0.2) is 0 Å².